The third kappa shape index (κ3) is 6.03. The van der Waals surface area contributed by atoms with Crippen LogP contribution in [-0.4, -0.2) is 46.5 Å². The first-order valence-electron chi connectivity index (χ1n) is 11.7. The van der Waals surface area contributed by atoms with Gasteiger partial charge in [-0.25, -0.2) is 8.42 Å². The molecule has 1 saturated heterocycles. The van der Waals surface area contributed by atoms with E-state index in [1.165, 1.54) is 23.9 Å². The maximum atomic E-state index is 13.0. The van der Waals surface area contributed by atoms with Crippen LogP contribution in [0.5, 0.6) is 0 Å². The van der Waals surface area contributed by atoms with Crippen LogP contribution in [0.15, 0.2) is 58.6 Å². The van der Waals surface area contributed by atoms with Crippen molar-refractivity contribution in [3.63, 3.8) is 0 Å². The minimum atomic E-state index is -3.55. The van der Waals surface area contributed by atoms with E-state index in [4.69, 9.17) is 17.3 Å². The van der Waals surface area contributed by atoms with Crippen LogP contribution in [0.4, 0.5) is 11.6 Å². The Labute approximate surface area is 220 Å². The zero-order valence-corrected chi connectivity index (χ0v) is 22.3. The zero-order chi connectivity index (χ0) is 25.7. The molecule has 1 amide bonds. The second-order valence-corrected chi connectivity index (χ2v) is 11.9. The van der Waals surface area contributed by atoms with Crippen LogP contribution >= 0.6 is 23.4 Å². The normalized spacial score (nSPS) is 15.8. The summed E-state index contributed by atoms with van der Waals surface area (Å²) in [6.45, 7) is 2.78. The number of anilines is 2. The molecule has 36 heavy (non-hydrogen) atoms. The molecule has 4 rings (SSSR count). The molecule has 2 heterocycles. The Hall–Kier alpha value is -2.60. The molecule has 0 saturated carbocycles. The van der Waals surface area contributed by atoms with Gasteiger partial charge >= 0.3 is 0 Å². The number of halogens is 1. The Balaban J connectivity index is 1.43. The monoisotopic (exact) mass is 548 g/mol. The molecule has 192 valence electrons. The lowest BCUT2D eigenvalue weighted by Gasteiger charge is -2.20. The van der Waals surface area contributed by atoms with Gasteiger partial charge in [0.2, 0.25) is 21.9 Å². The number of hydrogen-bond acceptors (Lipinski definition) is 7. The highest BCUT2D eigenvalue weighted by Gasteiger charge is 2.26. The standard InChI is InChI=1S/C24H29ClN6O3S2/c1-17(31-23(26)28-29-24(31)35-16-18-8-4-5-9-21(18)25)22(32)27-19-10-12-20(13-11-19)36(33,34)30-14-6-2-3-7-15-30/h4-5,8-13,17H,2-3,6-7,14-16H2,1H3,(H2,26,28)(H,27,32). The lowest BCUT2D eigenvalue weighted by molar-refractivity contribution is -0.118. The summed E-state index contributed by atoms with van der Waals surface area (Å²) in [5.41, 5.74) is 7.44. The van der Waals surface area contributed by atoms with Crippen LogP contribution in [0.3, 0.4) is 0 Å². The number of carbonyl (C=O) groups excluding carboxylic acids is 1. The number of nitrogen functional groups attached to an aromatic ring is 1. The molecule has 0 spiro atoms. The maximum Gasteiger partial charge on any atom is 0.247 e. The van der Waals surface area contributed by atoms with E-state index in [1.54, 1.807) is 27.9 Å². The Kier molecular flexibility index (Phi) is 8.55. The smallest absolute Gasteiger partial charge is 0.247 e. The zero-order valence-electron chi connectivity index (χ0n) is 19.9. The van der Waals surface area contributed by atoms with Crippen molar-refractivity contribution in [2.45, 2.75) is 54.5 Å². The molecule has 12 heteroatoms. The molecule has 1 fully saturated rings. The van der Waals surface area contributed by atoms with E-state index in [-0.39, 0.29) is 16.8 Å². The van der Waals surface area contributed by atoms with Gasteiger partial charge in [-0.15, -0.1) is 10.2 Å². The number of aromatic nitrogens is 3. The number of carbonyl (C=O) groups is 1. The van der Waals surface area contributed by atoms with Gasteiger partial charge in [-0.1, -0.05) is 54.4 Å². The van der Waals surface area contributed by atoms with Gasteiger partial charge in [-0.2, -0.15) is 4.31 Å². The van der Waals surface area contributed by atoms with Gasteiger partial charge in [0.05, 0.1) is 4.90 Å². The molecule has 1 aliphatic rings. The highest BCUT2D eigenvalue weighted by Crippen LogP contribution is 2.29. The molecule has 1 aromatic heterocycles. The first-order valence-corrected chi connectivity index (χ1v) is 14.6. The number of nitrogens with one attached hydrogen (secondary N) is 1. The summed E-state index contributed by atoms with van der Waals surface area (Å²) < 4.78 is 29.1. The summed E-state index contributed by atoms with van der Waals surface area (Å²) in [5.74, 6) is 0.335. The predicted molar refractivity (Wildman–Crippen MR) is 142 cm³/mol. The third-order valence-corrected chi connectivity index (χ3v) is 9.37. The van der Waals surface area contributed by atoms with Crippen molar-refractivity contribution in [1.29, 1.82) is 0 Å². The van der Waals surface area contributed by atoms with Gasteiger partial charge in [0.25, 0.3) is 0 Å². The molecule has 0 bridgehead atoms. The van der Waals surface area contributed by atoms with Crippen LogP contribution < -0.4 is 11.1 Å². The van der Waals surface area contributed by atoms with Crippen molar-refractivity contribution in [2.24, 2.45) is 0 Å². The van der Waals surface area contributed by atoms with E-state index >= 15 is 0 Å². The lowest BCUT2D eigenvalue weighted by atomic mass is 10.2. The van der Waals surface area contributed by atoms with E-state index in [9.17, 15) is 13.2 Å². The minimum absolute atomic E-state index is 0.123. The molecule has 3 aromatic rings. The lowest BCUT2D eigenvalue weighted by Crippen LogP contribution is -2.31. The van der Waals surface area contributed by atoms with E-state index in [0.717, 1.165) is 31.2 Å². The molecule has 1 aliphatic heterocycles. The first-order chi connectivity index (χ1) is 17.3. The van der Waals surface area contributed by atoms with Crippen LogP contribution in [0.2, 0.25) is 5.02 Å². The van der Waals surface area contributed by atoms with Gasteiger partial charge in [0.1, 0.15) is 6.04 Å². The average molecular weight is 549 g/mol. The molecule has 2 aromatic carbocycles. The largest absolute Gasteiger partial charge is 0.368 e. The second-order valence-electron chi connectivity index (χ2n) is 8.60. The van der Waals surface area contributed by atoms with Gasteiger partial charge in [-0.3, -0.25) is 9.36 Å². The Morgan fingerprint density at radius 2 is 1.75 bits per heavy atom. The summed E-state index contributed by atoms with van der Waals surface area (Å²) >= 11 is 7.62. The van der Waals surface area contributed by atoms with Crippen molar-refractivity contribution in [3.8, 4) is 0 Å². The summed E-state index contributed by atoms with van der Waals surface area (Å²) in [6.07, 6.45) is 3.84. The van der Waals surface area contributed by atoms with Crippen molar-refractivity contribution in [3.05, 3.63) is 59.1 Å². The maximum absolute atomic E-state index is 13.0. The summed E-state index contributed by atoms with van der Waals surface area (Å²) in [6, 6.07) is 13.0. The molecule has 9 nitrogen and oxygen atoms in total. The summed E-state index contributed by atoms with van der Waals surface area (Å²) in [4.78, 5) is 13.2. The van der Waals surface area contributed by atoms with Crippen molar-refractivity contribution in [1.82, 2.24) is 19.1 Å². The fraction of sp³-hybridized carbons (Fsp3) is 0.375. The Morgan fingerprint density at radius 1 is 1.08 bits per heavy atom. The topological polar surface area (TPSA) is 123 Å². The van der Waals surface area contributed by atoms with E-state index in [0.29, 0.717) is 34.7 Å². The Bertz CT molecular complexity index is 1310. The number of hydrogen-bond donors (Lipinski definition) is 2. The minimum Gasteiger partial charge on any atom is -0.368 e. The number of sulfonamides is 1. The number of benzene rings is 2. The molecular weight excluding hydrogens is 520 g/mol. The average Bonchev–Trinajstić information content (AvgIpc) is 3.05. The highest BCUT2D eigenvalue weighted by molar-refractivity contribution is 7.98. The number of amides is 1. The summed E-state index contributed by atoms with van der Waals surface area (Å²) in [5, 5.41) is 12.0. The van der Waals surface area contributed by atoms with Gasteiger partial charge < -0.3 is 11.1 Å². The van der Waals surface area contributed by atoms with E-state index in [2.05, 4.69) is 15.5 Å². The van der Waals surface area contributed by atoms with Crippen LogP contribution in [-0.2, 0) is 20.6 Å². The second kappa shape index (κ2) is 11.6. The number of thioether (sulfide) groups is 1. The van der Waals surface area contributed by atoms with E-state index < -0.39 is 16.1 Å². The molecule has 0 radical (unpaired) electrons. The van der Waals surface area contributed by atoms with E-state index in [1.807, 2.05) is 24.3 Å². The molecule has 1 atom stereocenters. The van der Waals surface area contributed by atoms with Crippen LogP contribution in [0.25, 0.3) is 0 Å². The third-order valence-electron chi connectivity index (χ3n) is 6.10. The van der Waals surface area contributed by atoms with Crippen LogP contribution in [0, 0.1) is 0 Å². The van der Waals surface area contributed by atoms with Crippen LogP contribution in [0.1, 0.15) is 44.2 Å². The fourth-order valence-electron chi connectivity index (χ4n) is 4.01. The van der Waals surface area contributed by atoms with Gasteiger partial charge in [-0.05, 0) is 55.7 Å². The van der Waals surface area contributed by atoms with Gasteiger partial charge in [0, 0.05) is 29.6 Å². The molecule has 3 N–H and O–H groups in total. The van der Waals surface area contributed by atoms with Crippen molar-refractivity contribution < 1.29 is 13.2 Å². The fourth-order valence-corrected chi connectivity index (χ4v) is 6.84. The Morgan fingerprint density at radius 3 is 2.42 bits per heavy atom. The molecule has 1 unspecified atom stereocenters. The summed E-state index contributed by atoms with van der Waals surface area (Å²) in [7, 11) is -3.55. The molecular formula is C24H29ClN6O3S2. The first kappa shape index (κ1) is 26.5. The number of nitrogens with two attached hydrogens (primary N) is 1. The molecule has 0 aliphatic carbocycles. The highest BCUT2D eigenvalue weighted by atomic mass is 35.5. The van der Waals surface area contributed by atoms with Crippen molar-refractivity contribution in [2.75, 3.05) is 24.1 Å². The quantitative estimate of drug-likeness (QED) is 0.395. The van der Waals surface area contributed by atoms with Gasteiger partial charge in [0.15, 0.2) is 5.16 Å². The SMILES string of the molecule is CC(C(=O)Nc1ccc(S(=O)(=O)N2CCCCCC2)cc1)n1c(N)nnc1SCc1ccccc1Cl. The number of nitrogens with zero attached hydrogens (tertiary/aromatic N) is 4. The van der Waals surface area contributed by atoms with Crippen molar-refractivity contribution >= 4 is 50.9 Å². The predicted octanol–water partition coefficient (Wildman–Crippen LogP) is 4.57. The number of rotatable bonds is 8.